The molecule has 1 heterocycles. The molecule has 1 unspecified atom stereocenters. The van der Waals surface area contributed by atoms with Gasteiger partial charge in [-0.1, -0.05) is 19.1 Å². The maximum Gasteiger partial charge on any atom is 0.260 e. The summed E-state index contributed by atoms with van der Waals surface area (Å²) in [7, 11) is 0. The van der Waals surface area contributed by atoms with Gasteiger partial charge in [-0.05, 0) is 38.0 Å². The van der Waals surface area contributed by atoms with Gasteiger partial charge in [0.15, 0.2) is 6.61 Å². The Morgan fingerprint density at radius 1 is 1.29 bits per heavy atom. The van der Waals surface area contributed by atoms with Gasteiger partial charge in [-0.15, -0.1) is 0 Å². The number of nitrogens with zero attached hydrogens (tertiary/aromatic N) is 2. The summed E-state index contributed by atoms with van der Waals surface area (Å²) >= 11 is 0. The fourth-order valence-corrected chi connectivity index (χ4v) is 2.61. The number of ether oxygens (including phenoxy) is 1. The molecule has 1 fully saturated rings. The van der Waals surface area contributed by atoms with Gasteiger partial charge in [-0.3, -0.25) is 9.69 Å². The average molecular weight is 290 g/mol. The Balaban J connectivity index is 1.77. The molecule has 1 aliphatic rings. The molecule has 4 heteroatoms. The van der Waals surface area contributed by atoms with Gasteiger partial charge in [0.2, 0.25) is 0 Å². The smallest absolute Gasteiger partial charge is 0.260 e. The SMILES string of the molecule is CCC(C)N1CCN(C(=O)COc2cccc(C)c2)CC1. The van der Waals surface area contributed by atoms with Crippen molar-refractivity contribution in [2.45, 2.75) is 33.2 Å². The quantitative estimate of drug-likeness (QED) is 0.834. The summed E-state index contributed by atoms with van der Waals surface area (Å²) in [6, 6.07) is 8.41. The van der Waals surface area contributed by atoms with Crippen molar-refractivity contribution in [3.63, 3.8) is 0 Å². The van der Waals surface area contributed by atoms with Crippen molar-refractivity contribution in [2.24, 2.45) is 0 Å². The Morgan fingerprint density at radius 3 is 2.62 bits per heavy atom. The Kier molecular flexibility index (Phi) is 5.62. The zero-order valence-electron chi connectivity index (χ0n) is 13.3. The number of carbonyl (C=O) groups is 1. The van der Waals surface area contributed by atoms with E-state index < -0.39 is 0 Å². The van der Waals surface area contributed by atoms with Crippen LogP contribution in [0.2, 0.25) is 0 Å². The van der Waals surface area contributed by atoms with Crippen LogP contribution in [0.1, 0.15) is 25.8 Å². The molecule has 0 aliphatic carbocycles. The average Bonchev–Trinajstić information content (AvgIpc) is 2.52. The Labute approximate surface area is 127 Å². The predicted molar refractivity (Wildman–Crippen MR) is 84.6 cm³/mol. The first-order valence-corrected chi connectivity index (χ1v) is 7.81. The fraction of sp³-hybridized carbons (Fsp3) is 0.588. The second-order valence-electron chi connectivity index (χ2n) is 5.78. The summed E-state index contributed by atoms with van der Waals surface area (Å²) in [4.78, 5) is 16.5. The molecule has 1 atom stereocenters. The van der Waals surface area contributed by atoms with Crippen molar-refractivity contribution >= 4 is 5.91 Å². The number of hydrogen-bond acceptors (Lipinski definition) is 3. The molecule has 116 valence electrons. The third kappa shape index (κ3) is 4.46. The minimum Gasteiger partial charge on any atom is -0.484 e. The molecule has 0 N–H and O–H groups in total. The van der Waals surface area contributed by atoms with Gasteiger partial charge in [0, 0.05) is 32.2 Å². The molecular weight excluding hydrogens is 264 g/mol. The molecule has 1 saturated heterocycles. The van der Waals surface area contributed by atoms with Crippen molar-refractivity contribution in [2.75, 3.05) is 32.8 Å². The highest BCUT2D eigenvalue weighted by molar-refractivity contribution is 5.77. The van der Waals surface area contributed by atoms with Crippen molar-refractivity contribution in [3.8, 4) is 5.75 Å². The summed E-state index contributed by atoms with van der Waals surface area (Å²) < 4.78 is 5.59. The van der Waals surface area contributed by atoms with Gasteiger partial charge < -0.3 is 9.64 Å². The molecular formula is C17H26N2O2. The third-order valence-corrected chi connectivity index (χ3v) is 4.23. The molecule has 0 aromatic heterocycles. The van der Waals surface area contributed by atoms with Crippen LogP contribution < -0.4 is 4.74 Å². The molecule has 1 aromatic carbocycles. The van der Waals surface area contributed by atoms with Crippen LogP contribution in [0.4, 0.5) is 0 Å². The molecule has 4 nitrogen and oxygen atoms in total. The van der Waals surface area contributed by atoms with E-state index in [4.69, 9.17) is 4.74 Å². The number of amides is 1. The van der Waals surface area contributed by atoms with E-state index in [1.54, 1.807) is 0 Å². The molecule has 2 rings (SSSR count). The van der Waals surface area contributed by atoms with Gasteiger partial charge in [-0.2, -0.15) is 0 Å². The Hall–Kier alpha value is -1.55. The lowest BCUT2D eigenvalue weighted by atomic mass is 10.2. The molecule has 0 saturated carbocycles. The van der Waals surface area contributed by atoms with Crippen LogP contribution in [0.15, 0.2) is 24.3 Å². The largest absolute Gasteiger partial charge is 0.484 e. The minimum atomic E-state index is 0.0836. The maximum atomic E-state index is 12.2. The lowest BCUT2D eigenvalue weighted by molar-refractivity contribution is -0.135. The number of hydrogen-bond donors (Lipinski definition) is 0. The molecule has 1 aliphatic heterocycles. The van der Waals surface area contributed by atoms with Gasteiger partial charge in [0.05, 0.1) is 0 Å². The normalized spacial score (nSPS) is 17.6. The lowest BCUT2D eigenvalue weighted by Crippen LogP contribution is -2.52. The van der Waals surface area contributed by atoms with Crippen LogP contribution in [-0.4, -0.2) is 54.5 Å². The maximum absolute atomic E-state index is 12.2. The van der Waals surface area contributed by atoms with Gasteiger partial charge in [0.1, 0.15) is 5.75 Å². The summed E-state index contributed by atoms with van der Waals surface area (Å²) in [6.07, 6.45) is 1.16. The van der Waals surface area contributed by atoms with E-state index in [1.807, 2.05) is 36.1 Å². The monoisotopic (exact) mass is 290 g/mol. The molecule has 1 amide bonds. The van der Waals surface area contributed by atoms with Crippen LogP contribution in [0, 0.1) is 6.92 Å². The molecule has 0 radical (unpaired) electrons. The van der Waals surface area contributed by atoms with Crippen LogP contribution in [-0.2, 0) is 4.79 Å². The topological polar surface area (TPSA) is 32.8 Å². The van der Waals surface area contributed by atoms with Crippen LogP contribution >= 0.6 is 0 Å². The highest BCUT2D eigenvalue weighted by Crippen LogP contribution is 2.13. The van der Waals surface area contributed by atoms with E-state index in [0.29, 0.717) is 6.04 Å². The minimum absolute atomic E-state index is 0.0836. The number of benzene rings is 1. The van der Waals surface area contributed by atoms with Crippen LogP contribution in [0.25, 0.3) is 0 Å². The van der Waals surface area contributed by atoms with Crippen molar-refractivity contribution in [3.05, 3.63) is 29.8 Å². The first-order valence-electron chi connectivity index (χ1n) is 7.81. The highest BCUT2D eigenvalue weighted by atomic mass is 16.5. The van der Waals surface area contributed by atoms with E-state index >= 15 is 0 Å². The van der Waals surface area contributed by atoms with Gasteiger partial charge >= 0.3 is 0 Å². The van der Waals surface area contributed by atoms with Crippen molar-refractivity contribution in [1.82, 2.24) is 9.80 Å². The molecule has 1 aromatic rings. The second-order valence-corrected chi connectivity index (χ2v) is 5.78. The summed E-state index contributed by atoms with van der Waals surface area (Å²) in [5.41, 5.74) is 1.14. The van der Waals surface area contributed by atoms with E-state index in [0.717, 1.165) is 43.9 Å². The lowest BCUT2D eigenvalue weighted by Gasteiger charge is -2.37. The number of carbonyl (C=O) groups excluding carboxylic acids is 1. The van der Waals surface area contributed by atoms with E-state index in [9.17, 15) is 4.79 Å². The Bertz CT molecular complexity index is 468. The third-order valence-electron chi connectivity index (χ3n) is 4.23. The second kappa shape index (κ2) is 7.46. The zero-order chi connectivity index (χ0) is 15.2. The number of piperazine rings is 1. The van der Waals surface area contributed by atoms with E-state index in [2.05, 4.69) is 18.7 Å². The van der Waals surface area contributed by atoms with Crippen molar-refractivity contribution in [1.29, 1.82) is 0 Å². The summed E-state index contributed by atoms with van der Waals surface area (Å²) in [5, 5.41) is 0. The zero-order valence-corrected chi connectivity index (χ0v) is 13.3. The van der Waals surface area contributed by atoms with E-state index in [1.165, 1.54) is 0 Å². The fourth-order valence-electron chi connectivity index (χ4n) is 2.61. The Morgan fingerprint density at radius 2 is 2.00 bits per heavy atom. The first kappa shape index (κ1) is 15.8. The van der Waals surface area contributed by atoms with Gasteiger partial charge in [0.25, 0.3) is 5.91 Å². The van der Waals surface area contributed by atoms with Crippen molar-refractivity contribution < 1.29 is 9.53 Å². The molecule has 0 bridgehead atoms. The number of aryl methyl sites for hydroxylation is 1. The van der Waals surface area contributed by atoms with E-state index in [-0.39, 0.29) is 12.5 Å². The summed E-state index contributed by atoms with van der Waals surface area (Å²) in [5.74, 6) is 0.849. The van der Waals surface area contributed by atoms with Crippen LogP contribution in [0.5, 0.6) is 5.75 Å². The van der Waals surface area contributed by atoms with Gasteiger partial charge in [-0.25, -0.2) is 0 Å². The highest BCUT2D eigenvalue weighted by Gasteiger charge is 2.23. The van der Waals surface area contributed by atoms with Crippen LogP contribution in [0.3, 0.4) is 0 Å². The number of rotatable bonds is 5. The summed E-state index contributed by atoms with van der Waals surface area (Å²) in [6.45, 7) is 10.1. The standard InChI is InChI=1S/C17H26N2O2/c1-4-15(3)18-8-10-19(11-9-18)17(20)13-21-16-7-5-6-14(2)12-16/h5-7,12,15H,4,8-11,13H2,1-3H3. The molecule has 0 spiro atoms. The first-order chi connectivity index (χ1) is 10.1. The predicted octanol–water partition coefficient (Wildman–Crippen LogP) is 2.32. The molecule has 21 heavy (non-hydrogen) atoms.